The van der Waals surface area contributed by atoms with E-state index in [-0.39, 0.29) is 17.5 Å². The van der Waals surface area contributed by atoms with Crippen molar-refractivity contribution < 1.29 is 27.1 Å². The van der Waals surface area contributed by atoms with Crippen molar-refractivity contribution in [2.24, 2.45) is 10.1 Å². The van der Waals surface area contributed by atoms with E-state index in [0.717, 1.165) is 18.3 Å². The van der Waals surface area contributed by atoms with Crippen LogP contribution in [0.4, 0.5) is 35.0 Å². The van der Waals surface area contributed by atoms with E-state index >= 15 is 0 Å². The fourth-order valence-corrected chi connectivity index (χ4v) is 3.41. The summed E-state index contributed by atoms with van der Waals surface area (Å²) in [5, 5.41) is 6.48. The number of rotatable bonds is 6. The number of benzene rings is 1. The minimum absolute atomic E-state index is 0.0367. The Bertz CT molecular complexity index is 1170. The second kappa shape index (κ2) is 10.6. The summed E-state index contributed by atoms with van der Waals surface area (Å²) >= 11 is 0. The Balaban J connectivity index is 1.39. The number of halogens is 4. The van der Waals surface area contributed by atoms with Crippen molar-refractivity contribution >= 4 is 35.3 Å². The molecule has 0 saturated carbocycles. The number of nitrogens with zero attached hydrogens (tertiary/aromatic N) is 5. The van der Waals surface area contributed by atoms with Gasteiger partial charge in [0.25, 0.3) is 5.91 Å². The first-order chi connectivity index (χ1) is 16.8. The van der Waals surface area contributed by atoms with E-state index in [4.69, 9.17) is 4.74 Å². The van der Waals surface area contributed by atoms with Crippen LogP contribution in [-0.4, -0.2) is 60.6 Å². The second-order valence-corrected chi connectivity index (χ2v) is 7.59. The van der Waals surface area contributed by atoms with Gasteiger partial charge in [-0.1, -0.05) is 6.07 Å². The maximum Gasteiger partial charge on any atom is 0.416 e. The van der Waals surface area contributed by atoms with E-state index in [1.165, 1.54) is 24.4 Å². The molecule has 3 heterocycles. The number of amides is 1. The number of nitrogens with one attached hydrogen (secondary N) is 2. The molecule has 0 unspecified atom stereocenters. The first-order valence-electron chi connectivity index (χ1n) is 10.7. The maximum atomic E-state index is 14.1. The molecule has 35 heavy (non-hydrogen) atoms. The van der Waals surface area contributed by atoms with E-state index in [1.807, 2.05) is 0 Å². The molecule has 4 rings (SSSR count). The molecule has 1 fully saturated rings. The van der Waals surface area contributed by atoms with E-state index in [1.54, 1.807) is 4.90 Å². The molecule has 2 aliphatic rings. The molecule has 1 aromatic heterocycles. The lowest BCUT2D eigenvalue weighted by atomic mass is 10.1. The number of anilines is 3. The average Bonchev–Trinajstić information content (AvgIpc) is 2.85. The third kappa shape index (κ3) is 6.38. The van der Waals surface area contributed by atoms with Crippen LogP contribution in [-0.2, 0) is 15.7 Å². The summed E-state index contributed by atoms with van der Waals surface area (Å²) in [6, 6.07) is 4.40. The van der Waals surface area contributed by atoms with Gasteiger partial charge in [-0.15, -0.1) is 0 Å². The minimum atomic E-state index is -4.51. The summed E-state index contributed by atoms with van der Waals surface area (Å²) in [6.07, 6.45) is -0.311. The third-order valence-electron chi connectivity index (χ3n) is 5.13. The predicted octanol–water partition coefficient (Wildman–Crippen LogP) is 3.28. The zero-order valence-corrected chi connectivity index (χ0v) is 18.3. The molecule has 0 atom stereocenters. The molecule has 2 N–H and O–H groups in total. The Morgan fingerprint density at radius 3 is 2.80 bits per heavy atom. The molecule has 0 radical (unpaired) electrons. The quantitative estimate of drug-likeness (QED) is 0.365. The zero-order chi connectivity index (χ0) is 24.8. The van der Waals surface area contributed by atoms with Crippen LogP contribution in [0.25, 0.3) is 0 Å². The number of carbonyl (C=O) groups is 1. The van der Waals surface area contributed by atoms with Crippen molar-refractivity contribution in [3.8, 4) is 0 Å². The average molecular weight is 491 g/mol. The van der Waals surface area contributed by atoms with Crippen LogP contribution < -0.4 is 15.6 Å². The van der Waals surface area contributed by atoms with Crippen LogP contribution in [0.15, 0.2) is 52.2 Å². The first-order valence-corrected chi connectivity index (χ1v) is 10.7. The number of alkyl halides is 3. The van der Waals surface area contributed by atoms with Crippen LogP contribution in [0.1, 0.15) is 12.0 Å². The molecular weight excluding hydrogens is 470 g/mol. The summed E-state index contributed by atoms with van der Waals surface area (Å²) in [5.74, 6) is -0.871. The summed E-state index contributed by atoms with van der Waals surface area (Å²) in [6.45, 7) is 2.25. The first kappa shape index (κ1) is 24.3. The fraction of sp³-hybridized carbons (Fsp3) is 0.318. The maximum absolute atomic E-state index is 14.1. The van der Waals surface area contributed by atoms with Gasteiger partial charge in [0.15, 0.2) is 11.6 Å². The Kier molecular flexibility index (Phi) is 7.34. The number of hydrazone groups is 1. The lowest BCUT2D eigenvalue weighted by Gasteiger charge is -2.27. The Morgan fingerprint density at radius 2 is 2.03 bits per heavy atom. The molecule has 1 aromatic carbocycles. The van der Waals surface area contributed by atoms with Gasteiger partial charge in [-0.05, 0) is 30.7 Å². The summed E-state index contributed by atoms with van der Waals surface area (Å²) in [4.78, 5) is 26.6. The van der Waals surface area contributed by atoms with Gasteiger partial charge >= 0.3 is 6.18 Å². The standard InChI is InChI=1S/C22H21F4N7O2/c23-18-13-28-21(31-19(18)33-6-8-35-9-7-33)32-29-12-17-10-14(4-5-27-17)20(34)30-16-3-1-2-15(11-16)22(24,25)26/h1-3,10-13H,4-9H2,(H,30,34)(H,28,31,32)/b29-12+. The van der Waals surface area contributed by atoms with Gasteiger partial charge in [0.1, 0.15) is 0 Å². The number of hydrogen-bond donors (Lipinski definition) is 2. The van der Waals surface area contributed by atoms with E-state index < -0.39 is 23.5 Å². The van der Waals surface area contributed by atoms with E-state index in [9.17, 15) is 22.4 Å². The van der Waals surface area contributed by atoms with Crippen molar-refractivity contribution in [3.05, 3.63) is 53.5 Å². The molecule has 2 aromatic rings. The van der Waals surface area contributed by atoms with Gasteiger partial charge in [0.05, 0.1) is 36.9 Å². The molecular formula is C22H21F4N7O2. The van der Waals surface area contributed by atoms with Gasteiger partial charge in [-0.25, -0.2) is 14.8 Å². The highest BCUT2D eigenvalue weighted by Crippen LogP contribution is 2.30. The number of aromatic nitrogens is 2. The van der Waals surface area contributed by atoms with E-state index in [2.05, 4.69) is 30.8 Å². The number of allylic oxidation sites excluding steroid dienone is 1. The molecule has 1 saturated heterocycles. The monoisotopic (exact) mass is 491 g/mol. The van der Waals surface area contributed by atoms with Gasteiger partial charge in [0.2, 0.25) is 5.95 Å². The smallest absolute Gasteiger partial charge is 0.378 e. The van der Waals surface area contributed by atoms with Gasteiger partial charge < -0.3 is 15.0 Å². The van der Waals surface area contributed by atoms with Crippen LogP contribution >= 0.6 is 0 Å². The van der Waals surface area contributed by atoms with Crippen LogP contribution in [0.2, 0.25) is 0 Å². The number of dihydropyridines is 1. The number of ether oxygens (including phenoxy) is 1. The second-order valence-electron chi connectivity index (χ2n) is 7.59. The minimum Gasteiger partial charge on any atom is -0.378 e. The van der Waals surface area contributed by atoms with Gasteiger partial charge in [0, 0.05) is 30.9 Å². The Labute approximate surface area is 197 Å². The number of carbonyl (C=O) groups excluding carboxylic acids is 1. The molecule has 1 amide bonds. The lowest BCUT2D eigenvalue weighted by molar-refractivity contribution is -0.137. The largest absolute Gasteiger partial charge is 0.416 e. The SMILES string of the molecule is O=C(Nc1cccc(C(F)(F)F)c1)C1=CC(/C=N/Nc2ncc(F)c(N3CCOCC3)n2)=NCC1. The molecule has 0 aliphatic carbocycles. The summed E-state index contributed by atoms with van der Waals surface area (Å²) in [7, 11) is 0. The third-order valence-corrected chi connectivity index (χ3v) is 5.13. The number of morpholine rings is 1. The normalized spacial score (nSPS) is 16.6. The van der Waals surface area contributed by atoms with Crippen LogP contribution in [0.5, 0.6) is 0 Å². The molecule has 0 spiro atoms. The van der Waals surface area contributed by atoms with Gasteiger partial charge in [-0.2, -0.15) is 23.3 Å². The van der Waals surface area contributed by atoms with Crippen molar-refractivity contribution in [1.82, 2.24) is 9.97 Å². The van der Waals surface area contributed by atoms with Crippen molar-refractivity contribution in [2.75, 3.05) is 48.5 Å². The summed E-state index contributed by atoms with van der Waals surface area (Å²) in [5.41, 5.74) is 2.50. The Morgan fingerprint density at radius 1 is 1.23 bits per heavy atom. The fourth-order valence-electron chi connectivity index (χ4n) is 3.41. The molecule has 184 valence electrons. The van der Waals surface area contributed by atoms with Crippen molar-refractivity contribution in [3.63, 3.8) is 0 Å². The molecule has 2 aliphatic heterocycles. The highest BCUT2D eigenvalue weighted by molar-refractivity contribution is 6.37. The zero-order valence-electron chi connectivity index (χ0n) is 18.3. The van der Waals surface area contributed by atoms with Crippen molar-refractivity contribution in [2.45, 2.75) is 12.6 Å². The molecule has 0 bridgehead atoms. The molecule has 9 nitrogen and oxygen atoms in total. The van der Waals surface area contributed by atoms with Gasteiger partial charge in [-0.3, -0.25) is 9.79 Å². The number of aliphatic imine (C=N–C) groups is 1. The highest BCUT2D eigenvalue weighted by Gasteiger charge is 2.30. The Hall–Kier alpha value is -3.87. The van der Waals surface area contributed by atoms with Crippen LogP contribution in [0, 0.1) is 5.82 Å². The van der Waals surface area contributed by atoms with E-state index in [0.29, 0.717) is 50.6 Å². The number of hydrogen-bond acceptors (Lipinski definition) is 8. The van der Waals surface area contributed by atoms with Crippen LogP contribution in [0.3, 0.4) is 0 Å². The predicted molar refractivity (Wildman–Crippen MR) is 122 cm³/mol. The highest BCUT2D eigenvalue weighted by atomic mass is 19.4. The molecule has 13 heteroatoms. The van der Waals surface area contributed by atoms with Crippen molar-refractivity contribution in [1.29, 1.82) is 0 Å². The topological polar surface area (TPSA) is 104 Å². The lowest BCUT2D eigenvalue weighted by Crippen LogP contribution is -2.37. The summed E-state index contributed by atoms with van der Waals surface area (Å²) < 4.78 is 58.1.